The number of benzene rings is 2. The van der Waals surface area contributed by atoms with Gasteiger partial charge in [0.15, 0.2) is 0 Å². The van der Waals surface area contributed by atoms with E-state index in [0.717, 1.165) is 5.56 Å². The standard InChI is InChI=1S/C19H21F2NO4/c1-24-9-10-25-13-18(23)22-16-7-8-17(26-19(20)21)15(12-16)11-14-5-3-2-4-6-14/h2-8,12,19H,9-11,13H2,1H3,(H,22,23). The van der Waals surface area contributed by atoms with E-state index in [2.05, 4.69) is 10.1 Å². The molecule has 0 radical (unpaired) electrons. The van der Waals surface area contributed by atoms with Gasteiger partial charge in [0.25, 0.3) is 0 Å². The third kappa shape index (κ3) is 6.78. The lowest BCUT2D eigenvalue weighted by Gasteiger charge is -2.13. The number of hydrogen-bond donors (Lipinski definition) is 1. The maximum Gasteiger partial charge on any atom is 0.387 e. The van der Waals surface area contributed by atoms with E-state index in [0.29, 0.717) is 30.9 Å². The molecule has 5 nitrogen and oxygen atoms in total. The van der Waals surface area contributed by atoms with E-state index in [4.69, 9.17) is 9.47 Å². The average Bonchev–Trinajstić information content (AvgIpc) is 2.61. The number of alkyl halides is 2. The zero-order valence-corrected chi connectivity index (χ0v) is 14.4. The first-order valence-electron chi connectivity index (χ1n) is 8.06. The Bertz CT molecular complexity index is 695. The van der Waals surface area contributed by atoms with Crippen molar-refractivity contribution in [2.24, 2.45) is 0 Å². The van der Waals surface area contributed by atoms with Crippen molar-refractivity contribution in [2.45, 2.75) is 13.0 Å². The number of rotatable bonds is 10. The number of carbonyl (C=O) groups excluding carboxylic acids is 1. The predicted molar refractivity (Wildman–Crippen MR) is 93.6 cm³/mol. The van der Waals surface area contributed by atoms with Crippen LogP contribution in [0.1, 0.15) is 11.1 Å². The summed E-state index contributed by atoms with van der Waals surface area (Å²) in [4.78, 5) is 11.9. The Kier molecular flexibility index (Phi) is 7.98. The van der Waals surface area contributed by atoms with Gasteiger partial charge in [-0.05, 0) is 23.8 Å². The van der Waals surface area contributed by atoms with E-state index in [-0.39, 0.29) is 18.3 Å². The minimum Gasteiger partial charge on any atom is -0.435 e. The highest BCUT2D eigenvalue weighted by Gasteiger charge is 2.12. The number of methoxy groups -OCH3 is 1. The van der Waals surface area contributed by atoms with Crippen LogP contribution in [0, 0.1) is 0 Å². The van der Waals surface area contributed by atoms with E-state index in [1.165, 1.54) is 12.1 Å². The molecule has 2 aromatic carbocycles. The normalized spacial score (nSPS) is 10.8. The van der Waals surface area contributed by atoms with Crippen LogP contribution in [0.25, 0.3) is 0 Å². The van der Waals surface area contributed by atoms with Crippen molar-refractivity contribution in [3.8, 4) is 5.75 Å². The van der Waals surface area contributed by atoms with Gasteiger partial charge in [0.05, 0.1) is 13.2 Å². The lowest BCUT2D eigenvalue weighted by atomic mass is 10.0. The van der Waals surface area contributed by atoms with Crippen molar-refractivity contribution >= 4 is 11.6 Å². The van der Waals surface area contributed by atoms with Crippen molar-refractivity contribution in [1.29, 1.82) is 0 Å². The molecule has 7 heteroatoms. The molecule has 0 unspecified atom stereocenters. The first-order chi connectivity index (χ1) is 12.6. The second-order valence-corrected chi connectivity index (χ2v) is 5.46. The molecule has 26 heavy (non-hydrogen) atoms. The van der Waals surface area contributed by atoms with Crippen LogP contribution in [0.5, 0.6) is 5.75 Å². The van der Waals surface area contributed by atoms with Crippen LogP contribution in [0.15, 0.2) is 48.5 Å². The van der Waals surface area contributed by atoms with E-state index < -0.39 is 6.61 Å². The van der Waals surface area contributed by atoms with Gasteiger partial charge in [-0.2, -0.15) is 8.78 Å². The number of hydrogen-bond acceptors (Lipinski definition) is 4. The Hall–Kier alpha value is -2.51. The molecule has 140 valence electrons. The monoisotopic (exact) mass is 365 g/mol. The molecule has 0 fully saturated rings. The van der Waals surface area contributed by atoms with Gasteiger partial charge >= 0.3 is 6.61 Å². The summed E-state index contributed by atoms with van der Waals surface area (Å²) in [6, 6.07) is 13.9. The lowest BCUT2D eigenvalue weighted by molar-refractivity contribution is -0.121. The van der Waals surface area contributed by atoms with Crippen LogP contribution in [-0.2, 0) is 20.7 Å². The fourth-order valence-corrected chi connectivity index (χ4v) is 2.33. The highest BCUT2D eigenvalue weighted by Crippen LogP contribution is 2.27. The molecule has 0 aliphatic rings. The molecule has 2 rings (SSSR count). The predicted octanol–water partition coefficient (Wildman–Crippen LogP) is 3.48. The average molecular weight is 365 g/mol. The summed E-state index contributed by atoms with van der Waals surface area (Å²) >= 11 is 0. The molecule has 0 bridgehead atoms. The lowest BCUT2D eigenvalue weighted by Crippen LogP contribution is -2.19. The zero-order chi connectivity index (χ0) is 18.8. The number of ether oxygens (including phenoxy) is 3. The van der Waals surface area contributed by atoms with E-state index in [9.17, 15) is 13.6 Å². The molecule has 0 aromatic heterocycles. The second-order valence-electron chi connectivity index (χ2n) is 5.46. The maximum atomic E-state index is 12.6. The summed E-state index contributed by atoms with van der Waals surface area (Å²) in [5.74, 6) is -0.257. The Morgan fingerprint density at radius 1 is 1.12 bits per heavy atom. The Morgan fingerprint density at radius 3 is 2.58 bits per heavy atom. The Balaban J connectivity index is 2.08. The summed E-state index contributed by atoms with van der Waals surface area (Å²) in [6.45, 7) is -2.33. The summed E-state index contributed by atoms with van der Waals surface area (Å²) in [5.41, 5.74) is 1.98. The minimum absolute atomic E-state index is 0.0817. The van der Waals surface area contributed by atoms with Crippen LogP contribution in [0.3, 0.4) is 0 Å². The SMILES string of the molecule is COCCOCC(=O)Nc1ccc(OC(F)F)c(Cc2ccccc2)c1. The molecule has 0 aliphatic heterocycles. The van der Waals surface area contributed by atoms with Crippen LogP contribution >= 0.6 is 0 Å². The molecular formula is C19H21F2NO4. The first kappa shape index (κ1) is 19.8. The molecule has 1 amide bonds. The summed E-state index contributed by atoms with van der Waals surface area (Å²) < 4.78 is 39.8. The van der Waals surface area contributed by atoms with E-state index in [1.807, 2.05) is 30.3 Å². The van der Waals surface area contributed by atoms with Crippen LogP contribution < -0.4 is 10.1 Å². The molecule has 0 spiro atoms. The van der Waals surface area contributed by atoms with E-state index >= 15 is 0 Å². The van der Waals surface area contributed by atoms with Gasteiger partial charge in [0, 0.05) is 24.8 Å². The molecule has 0 heterocycles. The van der Waals surface area contributed by atoms with Gasteiger partial charge in [-0.15, -0.1) is 0 Å². The highest BCUT2D eigenvalue weighted by atomic mass is 19.3. The summed E-state index contributed by atoms with van der Waals surface area (Å²) in [6.07, 6.45) is 0.400. The number of carbonyl (C=O) groups is 1. The van der Waals surface area contributed by atoms with Gasteiger partial charge in [-0.25, -0.2) is 0 Å². The van der Waals surface area contributed by atoms with Crippen LogP contribution in [0.2, 0.25) is 0 Å². The highest BCUT2D eigenvalue weighted by molar-refractivity contribution is 5.91. The molecule has 0 saturated carbocycles. The zero-order valence-electron chi connectivity index (χ0n) is 14.4. The first-order valence-corrected chi connectivity index (χ1v) is 8.06. The smallest absolute Gasteiger partial charge is 0.387 e. The Labute approximate surface area is 150 Å². The maximum absolute atomic E-state index is 12.6. The summed E-state index contributed by atoms with van der Waals surface area (Å²) in [5, 5.41) is 2.68. The number of anilines is 1. The molecule has 0 saturated heterocycles. The second kappa shape index (κ2) is 10.5. The van der Waals surface area contributed by atoms with Gasteiger partial charge < -0.3 is 19.5 Å². The molecule has 0 aliphatic carbocycles. The fraction of sp³-hybridized carbons (Fsp3) is 0.316. The van der Waals surface area contributed by atoms with Crippen molar-refractivity contribution < 1.29 is 27.8 Å². The summed E-state index contributed by atoms with van der Waals surface area (Å²) in [7, 11) is 1.54. The topological polar surface area (TPSA) is 56.8 Å². The fourth-order valence-electron chi connectivity index (χ4n) is 2.33. The van der Waals surface area contributed by atoms with Crippen molar-refractivity contribution in [3.05, 3.63) is 59.7 Å². The molecule has 2 aromatic rings. The third-order valence-electron chi connectivity index (χ3n) is 3.46. The molecular weight excluding hydrogens is 344 g/mol. The number of amides is 1. The van der Waals surface area contributed by atoms with E-state index in [1.54, 1.807) is 13.2 Å². The Morgan fingerprint density at radius 2 is 1.88 bits per heavy atom. The van der Waals surface area contributed by atoms with Crippen molar-refractivity contribution in [3.63, 3.8) is 0 Å². The van der Waals surface area contributed by atoms with Crippen molar-refractivity contribution in [2.75, 3.05) is 32.2 Å². The van der Waals surface area contributed by atoms with Gasteiger partial charge in [-0.1, -0.05) is 30.3 Å². The largest absolute Gasteiger partial charge is 0.435 e. The van der Waals surface area contributed by atoms with Gasteiger partial charge in [-0.3, -0.25) is 4.79 Å². The minimum atomic E-state index is -2.92. The van der Waals surface area contributed by atoms with Crippen LogP contribution in [-0.4, -0.2) is 39.4 Å². The third-order valence-corrected chi connectivity index (χ3v) is 3.46. The molecule has 0 atom stereocenters. The number of halogens is 2. The van der Waals surface area contributed by atoms with Crippen LogP contribution in [0.4, 0.5) is 14.5 Å². The molecule has 1 N–H and O–H groups in total. The van der Waals surface area contributed by atoms with Crippen molar-refractivity contribution in [1.82, 2.24) is 0 Å². The van der Waals surface area contributed by atoms with Gasteiger partial charge in [0.2, 0.25) is 5.91 Å². The van der Waals surface area contributed by atoms with Gasteiger partial charge in [0.1, 0.15) is 12.4 Å². The number of nitrogens with one attached hydrogen (secondary N) is 1. The quantitative estimate of drug-likeness (QED) is 0.655.